The maximum absolute atomic E-state index is 5.05. The van der Waals surface area contributed by atoms with Crippen LogP contribution < -0.4 is 0 Å². The second-order valence-electron chi connectivity index (χ2n) is 1.07. The Balaban J connectivity index is 2.99. The van der Waals surface area contributed by atoms with Crippen LogP contribution in [0.1, 0.15) is 0 Å². The Labute approximate surface area is 48.5 Å². The average Bonchev–Trinajstić information content (AvgIpc) is 1.36. The molecule has 0 rings (SSSR count). The third-order valence-corrected chi connectivity index (χ3v) is 0.739. The van der Waals surface area contributed by atoms with E-state index in [1.807, 2.05) is 0 Å². The SMILES string of the molecule is [B]B([B])B([B])S. The van der Waals surface area contributed by atoms with Crippen molar-refractivity contribution in [1.82, 2.24) is 0 Å². The van der Waals surface area contributed by atoms with Crippen molar-refractivity contribution in [3.8, 4) is 0 Å². The minimum absolute atomic E-state index is 0.398. The van der Waals surface area contributed by atoms with Crippen molar-refractivity contribution in [2.45, 2.75) is 0 Å². The van der Waals surface area contributed by atoms with E-state index in [4.69, 9.17) is 23.2 Å². The summed E-state index contributed by atoms with van der Waals surface area (Å²) < 4.78 is 0. The first-order chi connectivity index (χ1) is 2.64. The molecule has 0 aliphatic heterocycles. The number of rotatable bonds is 1. The molecule has 0 atom stereocenters. The van der Waals surface area contributed by atoms with Crippen molar-refractivity contribution in [2.24, 2.45) is 0 Å². The summed E-state index contributed by atoms with van der Waals surface area (Å²) in [4.78, 5) is 0. The summed E-state index contributed by atoms with van der Waals surface area (Å²) in [5.41, 5.74) is 0. The van der Waals surface area contributed by atoms with E-state index in [0.29, 0.717) is 0 Å². The zero-order valence-corrected chi connectivity index (χ0v) is 4.23. The van der Waals surface area contributed by atoms with E-state index >= 15 is 0 Å². The van der Waals surface area contributed by atoms with Crippen molar-refractivity contribution in [3.63, 3.8) is 0 Å². The molecule has 0 saturated carbocycles. The maximum atomic E-state index is 5.05. The summed E-state index contributed by atoms with van der Waals surface area (Å²) in [7, 11) is 15.1. The van der Waals surface area contributed by atoms with Crippen LogP contribution in [0.25, 0.3) is 0 Å². The van der Waals surface area contributed by atoms with Gasteiger partial charge in [-0.15, -0.1) is 0 Å². The Bertz CT molecular complexity index is 24.9. The first kappa shape index (κ1) is 6.67. The molecule has 0 nitrogen and oxygen atoms in total. The van der Waals surface area contributed by atoms with E-state index < -0.39 is 12.2 Å². The molecular weight excluding hydrogens is 86.1 g/mol. The maximum Gasteiger partial charge on any atom is 0.107 e. The molecule has 0 aromatic carbocycles. The van der Waals surface area contributed by atoms with Gasteiger partial charge in [0.1, 0.15) is 5.77 Å². The fourth-order valence-electron chi connectivity index (χ4n) is 0. The van der Waals surface area contributed by atoms with Gasteiger partial charge < -0.3 is 0 Å². The normalized spacial score (nSPS) is 7.50. The lowest BCUT2D eigenvalue weighted by Crippen LogP contribution is -2.32. The quantitative estimate of drug-likeness (QED) is 0.291. The monoisotopic (exact) mass is 88.0 g/mol. The number of thiol groups is 1. The highest BCUT2D eigenvalue weighted by Crippen LogP contribution is 1.78. The van der Waals surface area contributed by atoms with Crippen LogP contribution in [0.15, 0.2) is 0 Å². The van der Waals surface area contributed by atoms with E-state index in [2.05, 4.69) is 12.5 Å². The van der Waals surface area contributed by atoms with Crippen LogP contribution in [0.4, 0.5) is 0 Å². The first-order valence-corrected chi connectivity index (χ1v) is 2.11. The predicted molar refractivity (Wildman–Crippen MR) is 37.8 cm³/mol. The van der Waals surface area contributed by atoms with E-state index in [1.54, 1.807) is 0 Å². The molecule has 6 heavy (non-hydrogen) atoms. The van der Waals surface area contributed by atoms with E-state index in [0.717, 1.165) is 0 Å². The van der Waals surface area contributed by atoms with Gasteiger partial charge in [0.2, 0.25) is 0 Å². The first-order valence-electron chi connectivity index (χ1n) is 1.59. The molecule has 22 valence electrons. The highest BCUT2D eigenvalue weighted by molar-refractivity contribution is 8.25. The summed E-state index contributed by atoms with van der Waals surface area (Å²) >= 11 is 3.72. The van der Waals surface area contributed by atoms with Gasteiger partial charge in [-0.3, -0.25) is 0 Å². The Morgan fingerprint density at radius 3 is 1.33 bits per heavy atom. The van der Waals surface area contributed by atoms with Crippen molar-refractivity contribution in [3.05, 3.63) is 0 Å². The van der Waals surface area contributed by atoms with Gasteiger partial charge in [0.25, 0.3) is 0 Å². The Hall–Kier alpha value is 0.675. The topological polar surface area (TPSA) is 0 Å². The minimum atomic E-state index is -0.506. The van der Waals surface area contributed by atoms with Crippen molar-refractivity contribution >= 4 is 47.8 Å². The molecule has 0 aliphatic carbocycles. The molecule has 0 aliphatic rings. The molecular formula is HB5S. The molecule has 0 unspecified atom stereocenters. The van der Waals surface area contributed by atoms with Gasteiger partial charge in [-0.1, -0.05) is 0 Å². The standard InChI is InChI=1S/B5HS/c1-4(2)5(3)6/h6H. The van der Waals surface area contributed by atoms with Gasteiger partial charge in [-0.05, 0) is 0 Å². The molecule has 0 saturated heterocycles. The highest BCUT2D eigenvalue weighted by Gasteiger charge is 2.03. The smallest absolute Gasteiger partial charge is 0.107 e. The van der Waals surface area contributed by atoms with Gasteiger partial charge in [0.05, 0.1) is 0 Å². The highest BCUT2D eigenvalue weighted by atomic mass is 32.1. The molecule has 0 spiro atoms. The second kappa shape index (κ2) is 2.78. The van der Waals surface area contributed by atoms with Crippen LogP contribution in [0.2, 0.25) is 0 Å². The van der Waals surface area contributed by atoms with Crippen LogP contribution in [0.3, 0.4) is 0 Å². The van der Waals surface area contributed by atoms with Crippen molar-refractivity contribution in [2.75, 3.05) is 0 Å². The third kappa shape index (κ3) is 2.89. The third-order valence-electron chi connectivity index (χ3n) is 0.394. The van der Waals surface area contributed by atoms with Gasteiger partial charge in [-0.2, -0.15) is 0 Å². The van der Waals surface area contributed by atoms with Gasteiger partial charge in [0, 0.05) is 29.6 Å². The summed E-state index contributed by atoms with van der Waals surface area (Å²) in [6.45, 7) is 0. The lowest BCUT2D eigenvalue weighted by atomic mass is 8.95. The van der Waals surface area contributed by atoms with Gasteiger partial charge in [-0.25, -0.2) is 12.5 Å². The van der Waals surface area contributed by atoms with Crippen LogP contribution in [0, 0.1) is 0 Å². The summed E-state index contributed by atoms with van der Waals surface area (Å²) in [5.74, 6) is -0.398. The lowest BCUT2D eigenvalue weighted by Gasteiger charge is -1.98. The van der Waals surface area contributed by atoms with Crippen LogP contribution in [-0.4, -0.2) is 35.4 Å². The largest absolute Gasteiger partial charge is 0.248 e. The molecule has 0 heterocycles. The average molecular weight is 87.1 g/mol. The zero-order valence-electron chi connectivity index (χ0n) is 3.33. The molecule has 0 bridgehead atoms. The fraction of sp³-hybridized carbons (Fsp3) is 0. The number of hydrogen-bond donors (Lipinski definition) is 1. The molecule has 0 amide bonds. The second-order valence-corrected chi connectivity index (χ2v) is 1.66. The Morgan fingerprint density at radius 1 is 1.17 bits per heavy atom. The molecule has 0 N–H and O–H groups in total. The fourth-order valence-corrected chi connectivity index (χ4v) is 0. The molecule has 0 aromatic rings. The summed E-state index contributed by atoms with van der Waals surface area (Å²) in [6.07, 6.45) is -0.506. The van der Waals surface area contributed by atoms with Gasteiger partial charge in [0.15, 0.2) is 0 Å². The van der Waals surface area contributed by atoms with Crippen LogP contribution in [0.5, 0.6) is 0 Å². The Kier molecular flexibility index (Phi) is 3.10. The summed E-state index contributed by atoms with van der Waals surface area (Å²) in [5, 5.41) is 0. The lowest BCUT2D eigenvalue weighted by molar-refractivity contribution is 3.83. The molecule has 6 heteroatoms. The zero-order chi connectivity index (χ0) is 5.15. The van der Waals surface area contributed by atoms with Gasteiger partial charge >= 0.3 is 0 Å². The van der Waals surface area contributed by atoms with Crippen molar-refractivity contribution in [1.29, 1.82) is 0 Å². The van der Waals surface area contributed by atoms with E-state index in [9.17, 15) is 0 Å². The van der Waals surface area contributed by atoms with Crippen LogP contribution >= 0.6 is 12.5 Å². The molecule has 0 aromatic heterocycles. The number of hydrogen-bond acceptors (Lipinski definition) is 1. The Morgan fingerprint density at radius 2 is 1.33 bits per heavy atom. The van der Waals surface area contributed by atoms with Crippen LogP contribution in [-0.2, 0) is 0 Å². The molecule has 0 fully saturated rings. The van der Waals surface area contributed by atoms with E-state index in [-0.39, 0.29) is 0 Å². The van der Waals surface area contributed by atoms with E-state index in [1.165, 1.54) is 0 Å². The predicted octanol–water partition coefficient (Wildman–Crippen LogP) is -1.52. The molecule has 6 radical (unpaired) electrons. The summed E-state index contributed by atoms with van der Waals surface area (Å²) in [6, 6.07) is 0. The minimum Gasteiger partial charge on any atom is -0.248 e. The van der Waals surface area contributed by atoms with Crippen molar-refractivity contribution < 1.29 is 0 Å².